The number of benzene rings is 1. The fraction of sp³-hybridized carbons (Fsp3) is 0.333. The largest absolute Gasteiger partial charge is 0.334 e. The van der Waals surface area contributed by atoms with Crippen molar-refractivity contribution >= 4 is 5.78 Å². The predicted molar refractivity (Wildman–Crippen MR) is 104 cm³/mol. The standard InChI is InChI=1S/C21H22N6/c1-4-26-12-18(15-8-6-5-7-9-15)23-20(26)17-11-16(17)19-24-21-22-13(2)10-14(3)27(21)25-19/h5-10,12,16-17H,4,11H2,1-3H3. The first-order chi connectivity index (χ1) is 13.1. The lowest BCUT2D eigenvalue weighted by Gasteiger charge is -2.02. The van der Waals surface area contributed by atoms with Gasteiger partial charge in [0.2, 0.25) is 0 Å². The average Bonchev–Trinajstić information content (AvgIpc) is 3.15. The summed E-state index contributed by atoms with van der Waals surface area (Å²) in [5.74, 6) is 3.41. The third-order valence-corrected chi connectivity index (χ3v) is 5.31. The van der Waals surface area contributed by atoms with E-state index in [0.29, 0.717) is 17.6 Å². The summed E-state index contributed by atoms with van der Waals surface area (Å²) in [5, 5.41) is 4.72. The average molecular weight is 358 g/mol. The van der Waals surface area contributed by atoms with Gasteiger partial charge in [0.1, 0.15) is 5.82 Å². The van der Waals surface area contributed by atoms with Crippen molar-refractivity contribution in [3.8, 4) is 11.3 Å². The molecule has 136 valence electrons. The topological polar surface area (TPSA) is 60.9 Å². The van der Waals surface area contributed by atoms with Crippen LogP contribution in [0.5, 0.6) is 0 Å². The fourth-order valence-electron chi connectivity index (χ4n) is 3.83. The smallest absolute Gasteiger partial charge is 0.252 e. The van der Waals surface area contributed by atoms with Crippen LogP contribution in [0.15, 0.2) is 42.6 Å². The maximum Gasteiger partial charge on any atom is 0.252 e. The number of hydrogen-bond donors (Lipinski definition) is 0. The van der Waals surface area contributed by atoms with E-state index < -0.39 is 0 Å². The molecule has 3 heterocycles. The second-order valence-corrected chi connectivity index (χ2v) is 7.31. The van der Waals surface area contributed by atoms with Crippen molar-refractivity contribution in [2.24, 2.45) is 0 Å². The summed E-state index contributed by atoms with van der Waals surface area (Å²) in [7, 11) is 0. The zero-order chi connectivity index (χ0) is 18.5. The van der Waals surface area contributed by atoms with Crippen LogP contribution in [-0.2, 0) is 6.54 Å². The van der Waals surface area contributed by atoms with Gasteiger partial charge in [-0.15, -0.1) is 5.10 Å². The minimum atomic E-state index is 0.322. The Kier molecular flexibility index (Phi) is 3.60. The lowest BCUT2D eigenvalue weighted by molar-refractivity contribution is 0.690. The first-order valence-electron chi connectivity index (χ1n) is 9.47. The van der Waals surface area contributed by atoms with Crippen LogP contribution in [0.25, 0.3) is 17.0 Å². The van der Waals surface area contributed by atoms with Crippen molar-refractivity contribution in [3.63, 3.8) is 0 Å². The van der Waals surface area contributed by atoms with Crippen molar-refractivity contribution in [3.05, 3.63) is 65.6 Å². The third kappa shape index (κ3) is 2.72. The molecule has 2 unspecified atom stereocenters. The third-order valence-electron chi connectivity index (χ3n) is 5.31. The van der Waals surface area contributed by atoms with Gasteiger partial charge in [-0.25, -0.2) is 14.5 Å². The van der Waals surface area contributed by atoms with Crippen molar-refractivity contribution in [1.29, 1.82) is 0 Å². The van der Waals surface area contributed by atoms with E-state index in [1.807, 2.05) is 30.5 Å². The summed E-state index contributed by atoms with van der Waals surface area (Å²) in [6.07, 6.45) is 3.20. The van der Waals surface area contributed by atoms with Gasteiger partial charge in [0.15, 0.2) is 5.82 Å². The zero-order valence-corrected chi connectivity index (χ0v) is 15.8. The minimum Gasteiger partial charge on any atom is -0.334 e. The number of rotatable bonds is 4. The van der Waals surface area contributed by atoms with Crippen LogP contribution in [0.3, 0.4) is 0 Å². The lowest BCUT2D eigenvalue weighted by Crippen LogP contribution is -2.00. The summed E-state index contributed by atoms with van der Waals surface area (Å²) in [5.41, 5.74) is 4.23. The van der Waals surface area contributed by atoms with E-state index in [-0.39, 0.29) is 0 Å². The van der Waals surface area contributed by atoms with E-state index in [0.717, 1.165) is 47.3 Å². The highest BCUT2D eigenvalue weighted by molar-refractivity contribution is 5.58. The van der Waals surface area contributed by atoms with Crippen molar-refractivity contribution in [2.45, 2.75) is 45.6 Å². The number of hydrogen-bond acceptors (Lipinski definition) is 4. The highest BCUT2D eigenvalue weighted by Crippen LogP contribution is 2.53. The second-order valence-electron chi connectivity index (χ2n) is 7.31. The van der Waals surface area contributed by atoms with Crippen molar-refractivity contribution < 1.29 is 0 Å². The molecular weight excluding hydrogens is 336 g/mol. The Balaban J connectivity index is 1.48. The molecule has 0 spiro atoms. The van der Waals surface area contributed by atoms with Gasteiger partial charge in [0, 0.05) is 41.5 Å². The Bertz CT molecular complexity index is 1120. The van der Waals surface area contributed by atoms with E-state index in [9.17, 15) is 0 Å². The molecule has 1 fully saturated rings. The Hall–Kier alpha value is -3.02. The molecule has 3 aromatic heterocycles. The van der Waals surface area contributed by atoms with E-state index in [1.54, 1.807) is 0 Å². The second kappa shape index (κ2) is 6.01. The molecule has 5 rings (SSSR count). The zero-order valence-electron chi connectivity index (χ0n) is 15.8. The van der Waals surface area contributed by atoms with Crippen molar-refractivity contribution in [1.82, 2.24) is 29.1 Å². The van der Waals surface area contributed by atoms with Crippen LogP contribution in [0.4, 0.5) is 0 Å². The molecule has 6 heteroatoms. The molecule has 0 radical (unpaired) electrons. The number of fused-ring (bicyclic) bond motifs is 1. The molecular formula is C21H22N6. The molecule has 4 aromatic rings. The summed E-state index contributed by atoms with van der Waals surface area (Å²) >= 11 is 0. The maximum atomic E-state index is 4.96. The number of aromatic nitrogens is 6. The van der Waals surface area contributed by atoms with Crippen LogP contribution >= 0.6 is 0 Å². The molecule has 1 aromatic carbocycles. The van der Waals surface area contributed by atoms with Crippen LogP contribution in [0.2, 0.25) is 0 Å². The molecule has 2 atom stereocenters. The summed E-state index contributed by atoms with van der Waals surface area (Å²) < 4.78 is 4.11. The van der Waals surface area contributed by atoms with E-state index in [4.69, 9.17) is 15.1 Å². The monoisotopic (exact) mass is 358 g/mol. The summed E-state index contributed by atoms with van der Waals surface area (Å²) in [6.45, 7) is 7.11. The number of nitrogens with zero attached hydrogens (tertiary/aromatic N) is 6. The molecule has 1 aliphatic carbocycles. The first kappa shape index (κ1) is 16.2. The van der Waals surface area contributed by atoms with Gasteiger partial charge >= 0.3 is 0 Å². The molecule has 0 amide bonds. The van der Waals surface area contributed by atoms with Gasteiger partial charge in [0.25, 0.3) is 5.78 Å². The van der Waals surface area contributed by atoms with E-state index >= 15 is 0 Å². The van der Waals surface area contributed by atoms with Crippen LogP contribution in [0, 0.1) is 13.8 Å². The van der Waals surface area contributed by atoms with Gasteiger partial charge in [-0.3, -0.25) is 0 Å². The van der Waals surface area contributed by atoms with Gasteiger partial charge in [-0.05, 0) is 33.3 Å². The van der Waals surface area contributed by atoms with Gasteiger partial charge < -0.3 is 4.57 Å². The van der Waals surface area contributed by atoms with Crippen LogP contribution in [0.1, 0.15) is 48.2 Å². The minimum absolute atomic E-state index is 0.322. The Morgan fingerprint density at radius 3 is 2.63 bits per heavy atom. The molecule has 0 aliphatic heterocycles. The molecule has 0 N–H and O–H groups in total. The predicted octanol–water partition coefficient (Wildman–Crippen LogP) is 3.90. The molecule has 0 bridgehead atoms. The normalized spacial score (nSPS) is 18.9. The Morgan fingerprint density at radius 1 is 1.04 bits per heavy atom. The molecule has 0 saturated heterocycles. The Morgan fingerprint density at radius 2 is 1.85 bits per heavy atom. The van der Waals surface area contributed by atoms with Gasteiger partial charge in [-0.1, -0.05) is 30.3 Å². The van der Waals surface area contributed by atoms with Gasteiger partial charge in [0.05, 0.1) is 5.69 Å². The summed E-state index contributed by atoms with van der Waals surface area (Å²) in [4.78, 5) is 14.2. The van der Waals surface area contributed by atoms with Gasteiger partial charge in [-0.2, -0.15) is 4.98 Å². The molecule has 1 aliphatic rings. The van der Waals surface area contributed by atoms with Crippen LogP contribution in [-0.4, -0.2) is 29.1 Å². The fourth-order valence-corrected chi connectivity index (χ4v) is 3.83. The molecule has 1 saturated carbocycles. The quantitative estimate of drug-likeness (QED) is 0.555. The van der Waals surface area contributed by atoms with Crippen molar-refractivity contribution in [2.75, 3.05) is 0 Å². The number of imidazole rings is 1. The van der Waals surface area contributed by atoms with E-state index in [1.165, 1.54) is 0 Å². The number of aryl methyl sites for hydroxylation is 3. The highest BCUT2D eigenvalue weighted by atomic mass is 15.3. The summed E-state index contributed by atoms with van der Waals surface area (Å²) in [6, 6.07) is 12.4. The molecule has 6 nitrogen and oxygen atoms in total. The first-order valence-corrected chi connectivity index (χ1v) is 9.47. The van der Waals surface area contributed by atoms with Crippen LogP contribution < -0.4 is 0 Å². The maximum absolute atomic E-state index is 4.96. The highest BCUT2D eigenvalue weighted by Gasteiger charge is 2.45. The van der Waals surface area contributed by atoms with E-state index in [2.05, 4.69) is 46.9 Å². The Labute approximate surface area is 157 Å². The SMILES string of the molecule is CCn1cc(-c2ccccc2)nc1C1CC1c1nc2nc(C)cc(C)n2n1. The molecule has 27 heavy (non-hydrogen) atoms. The lowest BCUT2D eigenvalue weighted by atomic mass is 10.2.